The molecular weight excluding hydrogens is 316 g/mol. The van der Waals surface area contributed by atoms with Crippen LogP contribution in [0.2, 0.25) is 0 Å². The minimum Gasteiger partial charge on any atom is -0.391 e. The van der Waals surface area contributed by atoms with Crippen LogP contribution in [-0.4, -0.2) is 29.6 Å². The largest absolute Gasteiger partial charge is 0.391 e. The van der Waals surface area contributed by atoms with Gasteiger partial charge in [0.2, 0.25) is 0 Å². The van der Waals surface area contributed by atoms with Crippen molar-refractivity contribution in [1.29, 1.82) is 0 Å². The molecule has 0 saturated carbocycles. The van der Waals surface area contributed by atoms with Crippen LogP contribution in [0.3, 0.4) is 0 Å². The second-order valence-electron chi connectivity index (χ2n) is 6.31. The van der Waals surface area contributed by atoms with Crippen LogP contribution >= 0.6 is 0 Å². The molecule has 2 aromatic rings. The van der Waals surface area contributed by atoms with E-state index in [1.165, 1.54) is 16.7 Å². The maximum absolute atomic E-state index is 12.0. The molecule has 2 amide bonds. The van der Waals surface area contributed by atoms with Crippen LogP contribution in [0, 0.1) is 0 Å². The number of anilines is 1. The molecule has 3 N–H and O–H groups in total. The smallest absolute Gasteiger partial charge is 0.313 e. The maximum atomic E-state index is 12.0. The van der Waals surface area contributed by atoms with E-state index in [-0.39, 0.29) is 6.54 Å². The van der Waals surface area contributed by atoms with E-state index in [2.05, 4.69) is 22.8 Å². The van der Waals surface area contributed by atoms with Gasteiger partial charge in [0.25, 0.3) is 0 Å². The first-order valence-corrected chi connectivity index (χ1v) is 8.57. The van der Waals surface area contributed by atoms with Gasteiger partial charge in [-0.25, -0.2) is 0 Å². The summed E-state index contributed by atoms with van der Waals surface area (Å²) in [5.41, 5.74) is 5.39. The molecule has 5 heteroatoms. The topological polar surface area (TPSA) is 78.4 Å². The summed E-state index contributed by atoms with van der Waals surface area (Å²) in [5, 5.41) is 14.7. The summed E-state index contributed by atoms with van der Waals surface area (Å²) in [4.78, 5) is 23.8. The first-order valence-electron chi connectivity index (χ1n) is 8.57. The highest BCUT2D eigenvalue weighted by Gasteiger charge is 2.19. The lowest BCUT2D eigenvalue weighted by Gasteiger charge is -2.11. The molecule has 130 valence electrons. The van der Waals surface area contributed by atoms with Crippen LogP contribution in [0.5, 0.6) is 0 Å². The third-order valence-corrected chi connectivity index (χ3v) is 4.38. The molecule has 25 heavy (non-hydrogen) atoms. The zero-order valence-electron chi connectivity index (χ0n) is 14.2. The molecule has 0 spiro atoms. The average Bonchev–Trinajstić information content (AvgIpc) is 2.97. The Hall–Kier alpha value is -2.66. The normalized spacial score (nSPS) is 12.9. The van der Waals surface area contributed by atoms with E-state index in [1.807, 2.05) is 31.2 Å². The maximum Gasteiger partial charge on any atom is 0.313 e. The van der Waals surface area contributed by atoms with Crippen molar-refractivity contribution in [3.63, 3.8) is 0 Å². The summed E-state index contributed by atoms with van der Waals surface area (Å²) in [6, 6.07) is 13.9. The SMILES string of the molecule is CCCC(O)CNC(=O)C(=O)Nc1ccc2c(c1)Cc1ccccc1-2. The minimum absolute atomic E-state index is 0.0829. The van der Waals surface area contributed by atoms with E-state index in [0.29, 0.717) is 12.1 Å². The third-order valence-electron chi connectivity index (χ3n) is 4.38. The molecule has 0 bridgehead atoms. The Morgan fingerprint density at radius 1 is 1.08 bits per heavy atom. The fourth-order valence-corrected chi connectivity index (χ4v) is 3.14. The van der Waals surface area contributed by atoms with Gasteiger partial charge in [-0.15, -0.1) is 0 Å². The molecule has 3 rings (SSSR count). The van der Waals surface area contributed by atoms with Gasteiger partial charge < -0.3 is 15.7 Å². The Bertz CT molecular complexity index is 801. The van der Waals surface area contributed by atoms with Crippen LogP contribution in [0.1, 0.15) is 30.9 Å². The summed E-state index contributed by atoms with van der Waals surface area (Å²) in [6.07, 6.45) is 1.61. The number of aliphatic hydroxyl groups excluding tert-OH is 1. The monoisotopic (exact) mass is 338 g/mol. The van der Waals surface area contributed by atoms with Crippen molar-refractivity contribution in [2.45, 2.75) is 32.3 Å². The van der Waals surface area contributed by atoms with Crippen molar-refractivity contribution < 1.29 is 14.7 Å². The Kier molecular flexibility index (Phi) is 5.14. The molecule has 2 aromatic carbocycles. The fraction of sp³-hybridized carbons (Fsp3) is 0.300. The van der Waals surface area contributed by atoms with Gasteiger partial charge in [0.05, 0.1) is 6.10 Å². The Labute approximate surface area is 147 Å². The molecule has 1 atom stereocenters. The highest BCUT2D eigenvalue weighted by Crippen LogP contribution is 2.37. The zero-order chi connectivity index (χ0) is 17.8. The lowest BCUT2D eigenvalue weighted by Crippen LogP contribution is -2.39. The number of carbonyl (C=O) groups excluding carboxylic acids is 2. The average molecular weight is 338 g/mol. The van der Waals surface area contributed by atoms with Gasteiger partial charge in [-0.05, 0) is 47.2 Å². The van der Waals surface area contributed by atoms with Crippen molar-refractivity contribution in [2.24, 2.45) is 0 Å². The molecule has 1 aliphatic rings. The van der Waals surface area contributed by atoms with Crippen molar-refractivity contribution in [1.82, 2.24) is 5.32 Å². The molecule has 1 aliphatic carbocycles. The van der Waals surface area contributed by atoms with Crippen molar-refractivity contribution >= 4 is 17.5 Å². The van der Waals surface area contributed by atoms with Gasteiger partial charge in [0.15, 0.2) is 0 Å². The van der Waals surface area contributed by atoms with E-state index in [4.69, 9.17) is 0 Å². The summed E-state index contributed by atoms with van der Waals surface area (Å²) in [7, 11) is 0. The molecule has 0 fully saturated rings. The van der Waals surface area contributed by atoms with Gasteiger partial charge in [-0.1, -0.05) is 43.7 Å². The second-order valence-corrected chi connectivity index (χ2v) is 6.31. The molecular formula is C20H22N2O3. The molecule has 0 aromatic heterocycles. The van der Waals surface area contributed by atoms with Crippen molar-refractivity contribution in [2.75, 3.05) is 11.9 Å². The lowest BCUT2D eigenvalue weighted by atomic mass is 10.1. The predicted molar refractivity (Wildman–Crippen MR) is 97.2 cm³/mol. The Balaban J connectivity index is 1.62. The number of aliphatic hydroxyl groups is 1. The molecule has 1 unspecified atom stereocenters. The predicted octanol–water partition coefficient (Wildman–Crippen LogP) is 2.47. The van der Waals surface area contributed by atoms with Crippen molar-refractivity contribution in [3.05, 3.63) is 53.6 Å². The highest BCUT2D eigenvalue weighted by molar-refractivity contribution is 6.39. The van der Waals surface area contributed by atoms with Crippen LogP contribution in [-0.2, 0) is 16.0 Å². The standard InChI is InChI=1S/C20H22N2O3/c1-2-5-16(23)12-21-19(24)20(25)22-15-8-9-18-14(11-15)10-13-6-3-4-7-17(13)18/h3-4,6-9,11,16,23H,2,5,10,12H2,1H3,(H,21,24)(H,22,25). The second kappa shape index (κ2) is 7.49. The van der Waals surface area contributed by atoms with Crippen LogP contribution in [0.25, 0.3) is 11.1 Å². The van der Waals surface area contributed by atoms with Crippen LogP contribution in [0.4, 0.5) is 5.69 Å². The van der Waals surface area contributed by atoms with E-state index in [0.717, 1.165) is 18.4 Å². The molecule has 0 aliphatic heterocycles. The first kappa shape index (κ1) is 17.2. The summed E-state index contributed by atoms with van der Waals surface area (Å²) in [6.45, 7) is 2.03. The number of hydrogen-bond donors (Lipinski definition) is 3. The van der Waals surface area contributed by atoms with Gasteiger partial charge in [-0.2, -0.15) is 0 Å². The zero-order valence-corrected chi connectivity index (χ0v) is 14.2. The number of nitrogens with one attached hydrogen (secondary N) is 2. The number of hydrogen-bond acceptors (Lipinski definition) is 3. The number of amides is 2. The Morgan fingerprint density at radius 2 is 1.84 bits per heavy atom. The number of benzene rings is 2. The first-order chi connectivity index (χ1) is 12.1. The van der Waals surface area contributed by atoms with Gasteiger partial charge in [0.1, 0.15) is 0 Å². The van der Waals surface area contributed by atoms with Crippen LogP contribution < -0.4 is 10.6 Å². The Morgan fingerprint density at radius 3 is 2.64 bits per heavy atom. The molecule has 0 saturated heterocycles. The quantitative estimate of drug-likeness (QED) is 0.625. The van der Waals surface area contributed by atoms with Gasteiger partial charge in [-0.3, -0.25) is 9.59 Å². The van der Waals surface area contributed by atoms with E-state index >= 15 is 0 Å². The lowest BCUT2D eigenvalue weighted by molar-refractivity contribution is -0.136. The molecule has 5 nitrogen and oxygen atoms in total. The van der Waals surface area contributed by atoms with Crippen molar-refractivity contribution in [3.8, 4) is 11.1 Å². The fourth-order valence-electron chi connectivity index (χ4n) is 3.14. The summed E-state index contributed by atoms with van der Waals surface area (Å²) < 4.78 is 0. The molecule has 0 radical (unpaired) electrons. The third kappa shape index (κ3) is 3.88. The van der Waals surface area contributed by atoms with Gasteiger partial charge >= 0.3 is 11.8 Å². The number of fused-ring (bicyclic) bond motifs is 3. The van der Waals surface area contributed by atoms with E-state index in [1.54, 1.807) is 6.07 Å². The number of rotatable bonds is 5. The molecule has 0 heterocycles. The highest BCUT2D eigenvalue weighted by atomic mass is 16.3. The van der Waals surface area contributed by atoms with E-state index in [9.17, 15) is 14.7 Å². The summed E-state index contributed by atoms with van der Waals surface area (Å²) in [5.74, 6) is -1.46. The number of carbonyl (C=O) groups is 2. The van der Waals surface area contributed by atoms with Crippen LogP contribution in [0.15, 0.2) is 42.5 Å². The summed E-state index contributed by atoms with van der Waals surface area (Å²) >= 11 is 0. The minimum atomic E-state index is -0.737. The van der Waals surface area contributed by atoms with Gasteiger partial charge in [0, 0.05) is 12.2 Å². The van der Waals surface area contributed by atoms with E-state index < -0.39 is 17.9 Å².